The second-order valence-corrected chi connectivity index (χ2v) is 1.90. The highest BCUT2D eigenvalue weighted by molar-refractivity contribution is 5.69. The van der Waals surface area contributed by atoms with Crippen molar-refractivity contribution in [1.82, 2.24) is 5.32 Å². The topological polar surface area (TPSA) is 40.4 Å². The smallest absolute Gasteiger partial charge is 0.409 e. The van der Waals surface area contributed by atoms with Gasteiger partial charge in [0.2, 0.25) is 0 Å². The molecule has 0 aliphatic heterocycles. The minimum absolute atomic E-state index is 0.517. The van der Waals surface area contributed by atoms with Crippen molar-refractivity contribution in [3.05, 3.63) is 30.3 Å². The number of carbonyl (C=O) groups is 1. The van der Waals surface area contributed by atoms with Crippen molar-refractivity contribution in [2.24, 2.45) is 0 Å². The van der Waals surface area contributed by atoms with Crippen LogP contribution in [0.25, 0.3) is 0 Å². The van der Waals surface area contributed by atoms with Crippen molar-refractivity contribution < 1.29 is 9.53 Å². The van der Waals surface area contributed by atoms with Crippen LogP contribution in [0, 0.1) is 0 Å². The first-order valence-electron chi connectivity index (χ1n) is 3.19. The van der Waals surface area contributed by atoms with Crippen LogP contribution in [0.4, 0.5) is 4.79 Å². The number of para-hydroxylation sites is 1. The molecule has 1 aromatic rings. The van der Waals surface area contributed by atoms with Crippen LogP contribution in [-0.4, -0.2) is 13.1 Å². The number of benzene rings is 1. The molecule has 3 heteroatoms. The fourth-order valence-electron chi connectivity index (χ4n) is 0.635. The molecule has 0 aliphatic carbocycles. The van der Waals surface area contributed by atoms with Gasteiger partial charge in [-0.25, -0.2) is 10.1 Å². The minimum Gasteiger partial charge on any atom is -0.409 e. The quantitative estimate of drug-likeness (QED) is 0.607. The number of carbonyl (C=O) groups excluding carboxylic acids is 1. The van der Waals surface area contributed by atoms with Crippen molar-refractivity contribution in [3.8, 4) is 5.75 Å². The molecule has 3 nitrogen and oxygen atoms in total. The maximum Gasteiger partial charge on any atom is 0.434 e. The molecule has 11 heavy (non-hydrogen) atoms. The van der Waals surface area contributed by atoms with Gasteiger partial charge in [-0.1, -0.05) is 18.2 Å². The molecule has 0 fully saturated rings. The molecule has 0 atom stereocenters. The summed E-state index contributed by atoms with van der Waals surface area (Å²) < 4.78 is 4.76. The molecule has 0 aliphatic rings. The monoisotopic (exact) mass is 150 g/mol. The van der Waals surface area contributed by atoms with Crippen LogP contribution < -0.4 is 10.1 Å². The Morgan fingerprint density at radius 1 is 1.36 bits per heavy atom. The standard InChI is InChI=1S/C8H8NO2/c1-9-8(10)11-7-5-3-2-4-6-7/h2-6H,1H3. The fourth-order valence-corrected chi connectivity index (χ4v) is 0.635. The first-order valence-corrected chi connectivity index (χ1v) is 3.19. The number of ether oxygens (including phenoxy) is 1. The van der Waals surface area contributed by atoms with Crippen LogP contribution in [0.3, 0.4) is 0 Å². The van der Waals surface area contributed by atoms with Gasteiger partial charge in [-0.2, -0.15) is 0 Å². The highest BCUT2D eigenvalue weighted by Gasteiger charge is 1.99. The number of rotatable bonds is 1. The van der Waals surface area contributed by atoms with E-state index >= 15 is 0 Å². The molecule has 0 N–H and O–H groups in total. The van der Waals surface area contributed by atoms with Gasteiger partial charge in [0, 0.05) is 7.05 Å². The van der Waals surface area contributed by atoms with Crippen LogP contribution in [0.15, 0.2) is 30.3 Å². The van der Waals surface area contributed by atoms with E-state index in [2.05, 4.69) is 5.32 Å². The largest absolute Gasteiger partial charge is 0.434 e. The molecule has 0 unspecified atom stereocenters. The van der Waals surface area contributed by atoms with E-state index < -0.39 is 6.09 Å². The van der Waals surface area contributed by atoms with Crippen LogP contribution >= 0.6 is 0 Å². The summed E-state index contributed by atoms with van der Waals surface area (Å²) in [4.78, 5) is 10.6. The van der Waals surface area contributed by atoms with Gasteiger partial charge >= 0.3 is 6.09 Å². The van der Waals surface area contributed by atoms with Crippen molar-refractivity contribution in [2.75, 3.05) is 7.05 Å². The Balaban J connectivity index is 2.58. The minimum atomic E-state index is -0.573. The summed E-state index contributed by atoms with van der Waals surface area (Å²) in [7, 11) is 1.39. The number of nitrogens with zero attached hydrogens (tertiary/aromatic N) is 1. The lowest BCUT2D eigenvalue weighted by Crippen LogP contribution is -2.15. The molecule has 57 valence electrons. The van der Waals surface area contributed by atoms with Crippen LogP contribution in [0.1, 0.15) is 0 Å². The van der Waals surface area contributed by atoms with Gasteiger partial charge in [0.1, 0.15) is 5.75 Å². The van der Waals surface area contributed by atoms with Gasteiger partial charge in [-0.15, -0.1) is 0 Å². The molecule has 0 saturated carbocycles. The first-order chi connectivity index (χ1) is 5.33. The first kappa shape index (κ1) is 7.60. The van der Waals surface area contributed by atoms with Gasteiger partial charge in [-0.05, 0) is 12.1 Å². The van der Waals surface area contributed by atoms with Gasteiger partial charge < -0.3 is 4.74 Å². The summed E-state index contributed by atoms with van der Waals surface area (Å²) >= 11 is 0. The average molecular weight is 150 g/mol. The van der Waals surface area contributed by atoms with Gasteiger partial charge in [0.25, 0.3) is 0 Å². The SMILES string of the molecule is C[N]C(=O)Oc1ccccc1. The van der Waals surface area contributed by atoms with E-state index in [9.17, 15) is 4.79 Å². The predicted octanol–water partition coefficient (Wildman–Crippen LogP) is 1.42. The summed E-state index contributed by atoms with van der Waals surface area (Å²) in [5.74, 6) is 0.517. The number of hydrogen-bond acceptors (Lipinski definition) is 2. The molecule has 0 heterocycles. The van der Waals surface area contributed by atoms with E-state index in [1.54, 1.807) is 24.3 Å². The highest BCUT2D eigenvalue weighted by Crippen LogP contribution is 2.07. The lowest BCUT2D eigenvalue weighted by Gasteiger charge is -1.99. The van der Waals surface area contributed by atoms with Crippen LogP contribution in [-0.2, 0) is 0 Å². The lowest BCUT2D eigenvalue weighted by atomic mass is 10.3. The molecular weight excluding hydrogens is 142 g/mol. The van der Waals surface area contributed by atoms with Crippen molar-refractivity contribution in [2.45, 2.75) is 0 Å². The van der Waals surface area contributed by atoms with E-state index in [1.165, 1.54) is 7.05 Å². The molecule has 0 spiro atoms. The van der Waals surface area contributed by atoms with E-state index in [0.29, 0.717) is 5.75 Å². The summed E-state index contributed by atoms with van der Waals surface area (Å²) in [6.45, 7) is 0. The summed E-state index contributed by atoms with van der Waals surface area (Å²) in [5, 5.41) is 3.32. The molecule has 1 radical (unpaired) electrons. The molecular formula is C8H8NO2. The number of amides is 1. The van der Waals surface area contributed by atoms with E-state index in [4.69, 9.17) is 4.74 Å². The molecule has 0 saturated heterocycles. The van der Waals surface area contributed by atoms with E-state index in [1.807, 2.05) is 6.07 Å². The summed E-state index contributed by atoms with van der Waals surface area (Å²) in [5.41, 5.74) is 0. The van der Waals surface area contributed by atoms with Crippen molar-refractivity contribution >= 4 is 6.09 Å². The molecule has 1 amide bonds. The van der Waals surface area contributed by atoms with Crippen LogP contribution in [0.2, 0.25) is 0 Å². The Kier molecular flexibility index (Phi) is 2.49. The molecule has 0 aromatic heterocycles. The van der Waals surface area contributed by atoms with Crippen LogP contribution in [0.5, 0.6) is 5.75 Å². The van der Waals surface area contributed by atoms with Crippen molar-refractivity contribution in [1.29, 1.82) is 0 Å². The third-order valence-corrected chi connectivity index (χ3v) is 1.13. The maximum absolute atomic E-state index is 10.6. The van der Waals surface area contributed by atoms with E-state index in [0.717, 1.165) is 0 Å². The predicted molar refractivity (Wildman–Crippen MR) is 40.5 cm³/mol. The van der Waals surface area contributed by atoms with E-state index in [-0.39, 0.29) is 0 Å². The lowest BCUT2D eigenvalue weighted by molar-refractivity contribution is 0.202. The average Bonchev–Trinajstić information content (AvgIpc) is 2.06. The second-order valence-electron chi connectivity index (χ2n) is 1.90. The maximum atomic E-state index is 10.6. The molecule has 0 bridgehead atoms. The second kappa shape index (κ2) is 3.61. The third-order valence-electron chi connectivity index (χ3n) is 1.13. The van der Waals surface area contributed by atoms with Gasteiger partial charge in [0.05, 0.1) is 0 Å². The zero-order chi connectivity index (χ0) is 8.10. The number of hydrogen-bond donors (Lipinski definition) is 0. The molecule has 1 aromatic carbocycles. The zero-order valence-electron chi connectivity index (χ0n) is 6.15. The third kappa shape index (κ3) is 2.29. The Morgan fingerprint density at radius 3 is 2.55 bits per heavy atom. The van der Waals surface area contributed by atoms with Crippen molar-refractivity contribution in [3.63, 3.8) is 0 Å². The van der Waals surface area contributed by atoms with Gasteiger partial charge in [-0.3, -0.25) is 0 Å². The highest BCUT2D eigenvalue weighted by atomic mass is 16.5. The Hall–Kier alpha value is -1.51. The Morgan fingerprint density at radius 2 is 2.00 bits per heavy atom. The Bertz CT molecular complexity index is 233. The fraction of sp³-hybridized carbons (Fsp3) is 0.125. The normalized spacial score (nSPS) is 8.82. The van der Waals surface area contributed by atoms with Gasteiger partial charge in [0.15, 0.2) is 0 Å². The summed E-state index contributed by atoms with van der Waals surface area (Å²) in [6.07, 6.45) is -0.573. The molecule has 1 rings (SSSR count). The zero-order valence-corrected chi connectivity index (χ0v) is 6.15. The summed E-state index contributed by atoms with van der Waals surface area (Å²) in [6, 6.07) is 8.82. The Labute approximate surface area is 65.0 Å².